The zero-order chi connectivity index (χ0) is 13.1. The van der Waals surface area contributed by atoms with E-state index in [2.05, 4.69) is 4.98 Å². The number of ether oxygens (including phenoxy) is 1. The van der Waals surface area contributed by atoms with Crippen LogP contribution in [0, 0.1) is 11.3 Å². The average Bonchev–Trinajstić information content (AvgIpc) is 2.80. The molecule has 0 saturated heterocycles. The Morgan fingerprint density at radius 2 is 2.39 bits per heavy atom. The van der Waals surface area contributed by atoms with Crippen LogP contribution in [0.4, 0.5) is 0 Å². The van der Waals surface area contributed by atoms with Gasteiger partial charge in [0.2, 0.25) is 5.88 Å². The van der Waals surface area contributed by atoms with Gasteiger partial charge in [-0.1, -0.05) is 11.6 Å². The van der Waals surface area contributed by atoms with Crippen molar-refractivity contribution in [3.63, 3.8) is 0 Å². The lowest BCUT2D eigenvalue weighted by molar-refractivity contribution is 0.0702. The number of carboxylic acid groups (broad SMARTS) is 1. The van der Waals surface area contributed by atoms with E-state index >= 15 is 0 Å². The molecular formula is C11H5ClN2O3S. The molecule has 0 atom stereocenters. The summed E-state index contributed by atoms with van der Waals surface area (Å²) < 4.78 is 5.34. The van der Waals surface area contributed by atoms with E-state index in [1.54, 1.807) is 0 Å². The lowest BCUT2D eigenvalue weighted by Gasteiger charge is -2.04. The molecule has 90 valence electrons. The van der Waals surface area contributed by atoms with Crippen LogP contribution in [0.1, 0.15) is 15.2 Å². The summed E-state index contributed by atoms with van der Waals surface area (Å²) in [7, 11) is 0. The maximum Gasteiger partial charge on any atom is 0.346 e. The van der Waals surface area contributed by atoms with Crippen LogP contribution in [-0.4, -0.2) is 16.1 Å². The number of nitriles is 1. The van der Waals surface area contributed by atoms with Gasteiger partial charge in [0.25, 0.3) is 0 Å². The van der Waals surface area contributed by atoms with Crippen LogP contribution in [0.5, 0.6) is 11.6 Å². The molecule has 0 aliphatic rings. The number of aromatic nitrogens is 1. The Morgan fingerprint density at radius 1 is 1.61 bits per heavy atom. The summed E-state index contributed by atoms with van der Waals surface area (Å²) in [5.41, 5.74) is 0.246. The molecule has 5 nitrogen and oxygen atoms in total. The van der Waals surface area contributed by atoms with Crippen LogP contribution in [0.3, 0.4) is 0 Å². The molecule has 0 aliphatic heterocycles. The maximum absolute atomic E-state index is 10.7. The smallest absolute Gasteiger partial charge is 0.346 e. The van der Waals surface area contributed by atoms with Crippen molar-refractivity contribution in [1.82, 2.24) is 4.98 Å². The van der Waals surface area contributed by atoms with Gasteiger partial charge in [-0.25, -0.2) is 9.78 Å². The maximum atomic E-state index is 10.7. The molecule has 0 radical (unpaired) electrons. The summed E-state index contributed by atoms with van der Waals surface area (Å²) in [5.74, 6) is -0.632. The van der Waals surface area contributed by atoms with E-state index in [4.69, 9.17) is 26.7 Å². The van der Waals surface area contributed by atoms with Gasteiger partial charge in [-0.3, -0.25) is 0 Å². The quantitative estimate of drug-likeness (QED) is 0.933. The van der Waals surface area contributed by atoms with Gasteiger partial charge in [0.05, 0.1) is 5.56 Å². The average molecular weight is 281 g/mol. The molecule has 0 unspecified atom stereocenters. The number of halogens is 1. The third kappa shape index (κ3) is 2.42. The van der Waals surface area contributed by atoms with Crippen molar-refractivity contribution in [2.24, 2.45) is 0 Å². The summed E-state index contributed by atoms with van der Waals surface area (Å²) in [6, 6.07) is 4.73. The molecule has 2 aromatic heterocycles. The van der Waals surface area contributed by atoms with E-state index < -0.39 is 5.97 Å². The topological polar surface area (TPSA) is 83.2 Å². The van der Waals surface area contributed by atoms with E-state index in [0.29, 0.717) is 5.75 Å². The first-order chi connectivity index (χ1) is 8.61. The minimum absolute atomic E-state index is 0.0745. The van der Waals surface area contributed by atoms with Crippen molar-refractivity contribution in [3.05, 3.63) is 39.2 Å². The lowest BCUT2D eigenvalue weighted by Crippen LogP contribution is -1.92. The first kappa shape index (κ1) is 12.4. The van der Waals surface area contributed by atoms with Gasteiger partial charge in [-0.05, 0) is 6.07 Å². The van der Waals surface area contributed by atoms with Crippen LogP contribution < -0.4 is 4.74 Å². The Labute approximate surface area is 111 Å². The molecule has 0 bridgehead atoms. The molecule has 1 N–H and O–H groups in total. The highest BCUT2D eigenvalue weighted by atomic mass is 35.5. The number of thiophene rings is 1. The van der Waals surface area contributed by atoms with Gasteiger partial charge in [0, 0.05) is 17.6 Å². The molecule has 0 aliphatic carbocycles. The standard InChI is InChI=1S/C11H5ClN2O3S/c12-9-6(4-13)1-2-14-10(9)17-7-3-8(11(15)16)18-5-7/h1-3,5H,(H,15,16). The van der Waals surface area contributed by atoms with Gasteiger partial charge < -0.3 is 9.84 Å². The zero-order valence-corrected chi connectivity index (χ0v) is 10.3. The zero-order valence-electron chi connectivity index (χ0n) is 8.75. The monoisotopic (exact) mass is 280 g/mol. The summed E-state index contributed by atoms with van der Waals surface area (Å²) >= 11 is 6.94. The fourth-order valence-electron chi connectivity index (χ4n) is 1.18. The Kier molecular flexibility index (Phi) is 3.46. The van der Waals surface area contributed by atoms with E-state index in [1.807, 2.05) is 6.07 Å². The summed E-state index contributed by atoms with van der Waals surface area (Å²) in [5, 5.41) is 19.2. The second kappa shape index (κ2) is 5.04. The number of aromatic carboxylic acids is 1. The molecule has 2 aromatic rings. The fraction of sp³-hybridized carbons (Fsp3) is 0. The summed E-state index contributed by atoms with van der Waals surface area (Å²) in [6.45, 7) is 0. The van der Waals surface area contributed by atoms with E-state index in [0.717, 1.165) is 11.3 Å². The van der Waals surface area contributed by atoms with Gasteiger partial charge >= 0.3 is 5.97 Å². The van der Waals surface area contributed by atoms with Crippen LogP contribution in [0.2, 0.25) is 5.02 Å². The predicted octanol–water partition coefficient (Wildman–Crippen LogP) is 3.16. The van der Waals surface area contributed by atoms with Gasteiger partial charge in [-0.15, -0.1) is 11.3 Å². The van der Waals surface area contributed by atoms with E-state index in [9.17, 15) is 4.79 Å². The highest BCUT2D eigenvalue weighted by Crippen LogP contribution is 2.31. The fourth-order valence-corrected chi connectivity index (χ4v) is 2.02. The predicted molar refractivity (Wildman–Crippen MR) is 65.3 cm³/mol. The van der Waals surface area contributed by atoms with Crippen molar-refractivity contribution in [2.45, 2.75) is 0 Å². The van der Waals surface area contributed by atoms with Crippen molar-refractivity contribution in [3.8, 4) is 17.7 Å². The van der Waals surface area contributed by atoms with E-state index in [-0.39, 0.29) is 21.3 Å². The van der Waals surface area contributed by atoms with Crippen LogP contribution in [-0.2, 0) is 0 Å². The Hall–Kier alpha value is -2.10. The third-order valence-electron chi connectivity index (χ3n) is 1.98. The van der Waals surface area contributed by atoms with Gasteiger partial charge in [-0.2, -0.15) is 5.26 Å². The first-order valence-electron chi connectivity index (χ1n) is 4.66. The number of carboxylic acids is 1. The third-order valence-corrected chi connectivity index (χ3v) is 3.24. The molecule has 0 amide bonds. The Bertz CT molecular complexity index is 648. The first-order valence-corrected chi connectivity index (χ1v) is 5.92. The highest BCUT2D eigenvalue weighted by Gasteiger charge is 2.12. The SMILES string of the molecule is N#Cc1ccnc(Oc2csc(C(=O)O)c2)c1Cl. The number of nitrogens with zero attached hydrogens (tertiary/aromatic N) is 2. The Morgan fingerprint density at radius 3 is 3.00 bits per heavy atom. The van der Waals surface area contributed by atoms with Crippen molar-refractivity contribution in [2.75, 3.05) is 0 Å². The number of hydrogen-bond acceptors (Lipinski definition) is 5. The number of rotatable bonds is 3. The Balaban J connectivity index is 2.29. The molecular weight excluding hydrogens is 276 g/mol. The van der Waals surface area contributed by atoms with Crippen molar-refractivity contribution >= 4 is 28.9 Å². The summed E-state index contributed by atoms with van der Waals surface area (Å²) in [4.78, 5) is 14.7. The molecule has 0 aromatic carbocycles. The molecule has 0 fully saturated rings. The van der Waals surface area contributed by atoms with Crippen molar-refractivity contribution in [1.29, 1.82) is 5.26 Å². The molecule has 2 rings (SSSR count). The molecule has 7 heteroatoms. The number of hydrogen-bond donors (Lipinski definition) is 1. The second-order valence-corrected chi connectivity index (χ2v) is 4.43. The second-order valence-electron chi connectivity index (χ2n) is 3.14. The molecule has 2 heterocycles. The van der Waals surface area contributed by atoms with Gasteiger partial charge in [0.1, 0.15) is 21.7 Å². The van der Waals surface area contributed by atoms with Crippen LogP contribution >= 0.6 is 22.9 Å². The largest absolute Gasteiger partial charge is 0.477 e. The normalized spacial score (nSPS) is 9.78. The molecule has 0 saturated carbocycles. The van der Waals surface area contributed by atoms with Crippen LogP contribution in [0.15, 0.2) is 23.7 Å². The molecule has 0 spiro atoms. The van der Waals surface area contributed by atoms with E-state index in [1.165, 1.54) is 23.7 Å². The van der Waals surface area contributed by atoms with Crippen LogP contribution in [0.25, 0.3) is 0 Å². The minimum Gasteiger partial charge on any atom is -0.477 e. The molecule has 18 heavy (non-hydrogen) atoms. The van der Waals surface area contributed by atoms with Crippen molar-refractivity contribution < 1.29 is 14.6 Å². The summed E-state index contributed by atoms with van der Waals surface area (Å²) in [6.07, 6.45) is 1.39. The highest BCUT2D eigenvalue weighted by molar-refractivity contribution is 7.12. The number of carbonyl (C=O) groups is 1. The minimum atomic E-state index is -1.03. The van der Waals surface area contributed by atoms with Gasteiger partial charge in [0.15, 0.2) is 0 Å². The number of pyridine rings is 1. The lowest BCUT2D eigenvalue weighted by atomic mass is 10.3.